The molecule has 2 unspecified atom stereocenters. The number of piperidine rings is 1. The van der Waals surface area contributed by atoms with Gasteiger partial charge < -0.3 is 5.32 Å². The lowest BCUT2D eigenvalue weighted by Gasteiger charge is -2.35. The van der Waals surface area contributed by atoms with E-state index < -0.39 is 10.0 Å². The minimum Gasteiger partial charge on any atom is -0.311 e. The summed E-state index contributed by atoms with van der Waals surface area (Å²) < 4.78 is 28.5. The minimum atomic E-state index is -3.48. The van der Waals surface area contributed by atoms with Crippen molar-refractivity contribution in [2.45, 2.75) is 83.3 Å². The molecule has 1 aromatic carbocycles. The van der Waals surface area contributed by atoms with Gasteiger partial charge in [0.25, 0.3) is 0 Å². The molecule has 2 aliphatic rings. The van der Waals surface area contributed by atoms with Crippen LogP contribution < -0.4 is 5.32 Å². The van der Waals surface area contributed by atoms with Crippen LogP contribution in [0.2, 0.25) is 0 Å². The number of hydrogen-bond acceptors (Lipinski definition) is 3. The zero-order chi connectivity index (χ0) is 17.8. The van der Waals surface area contributed by atoms with Crippen molar-refractivity contribution in [2.75, 3.05) is 7.05 Å². The lowest BCUT2D eigenvalue weighted by atomic mass is 9.95. The first-order chi connectivity index (χ1) is 11.1. The second-order valence-corrected chi connectivity index (χ2v) is 9.67. The van der Waals surface area contributed by atoms with Gasteiger partial charge in [0.05, 0.1) is 4.90 Å². The summed E-state index contributed by atoms with van der Waals surface area (Å²) >= 11 is 0. The first kappa shape index (κ1) is 17.9. The van der Waals surface area contributed by atoms with Crippen LogP contribution in [-0.4, -0.2) is 37.9 Å². The van der Waals surface area contributed by atoms with Gasteiger partial charge in [-0.3, -0.25) is 0 Å². The molecule has 2 bridgehead atoms. The van der Waals surface area contributed by atoms with E-state index in [1.54, 1.807) is 11.4 Å². The Hall–Kier alpha value is -0.910. The van der Waals surface area contributed by atoms with Crippen molar-refractivity contribution in [3.05, 3.63) is 27.8 Å². The number of nitrogens with zero attached hydrogens (tertiary/aromatic N) is 1. The molecule has 2 aliphatic heterocycles. The Bertz CT molecular complexity index is 729. The number of hydrogen-bond donors (Lipinski definition) is 1. The molecule has 3 rings (SSSR count). The van der Waals surface area contributed by atoms with E-state index in [2.05, 4.69) is 12.2 Å². The summed E-state index contributed by atoms with van der Waals surface area (Å²) in [6.45, 7) is 10.0. The Morgan fingerprint density at radius 3 is 1.71 bits per heavy atom. The maximum Gasteiger partial charge on any atom is 0.243 e. The van der Waals surface area contributed by atoms with Crippen molar-refractivity contribution in [2.24, 2.45) is 0 Å². The normalized spacial score (nSPS) is 27.0. The molecule has 2 heterocycles. The summed E-state index contributed by atoms with van der Waals surface area (Å²) in [5.74, 6) is 0. The Labute approximate surface area is 146 Å². The highest BCUT2D eigenvalue weighted by atomic mass is 32.2. The fourth-order valence-electron chi connectivity index (χ4n) is 4.52. The largest absolute Gasteiger partial charge is 0.311 e. The van der Waals surface area contributed by atoms with Gasteiger partial charge in [0, 0.05) is 25.2 Å². The number of rotatable bonds is 3. The molecule has 0 radical (unpaired) electrons. The van der Waals surface area contributed by atoms with Crippen LogP contribution >= 0.6 is 0 Å². The van der Waals surface area contributed by atoms with Crippen LogP contribution in [0, 0.1) is 34.6 Å². The van der Waals surface area contributed by atoms with Gasteiger partial charge >= 0.3 is 0 Å². The quantitative estimate of drug-likeness (QED) is 0.911. The number of fused-ring (bicyclic) bond motifs is 2. The van der Waals surface area contributed by atoms with Gasteiger partial charge in [-0.1, -0.05) is 0 Å². The second kappa shape index (κ2) is 6.11. The summed E-state index contributed by atoms with van der Waals surface area (Å²) in [6.07, 6.45) is 4.20. The van der Waals surface area contributed by atoms with E-state index >= 15 is 0 Å². The average molecular weight is 351 g/mol. The lowest BCUT2D eigenvalue weighted by Crippen LogP contribution is -2.48. The molecule has 0 aromatic heterocycles. The van der Waals surface area contributed by atoms with Gasteiger partial charge in [0.15, 0.2) is 0 Å². The fraction of sp³-hybridized carbons (Fsp3) is 0.684. The molecule has 0 amide bonds. The van der Waals surface area contributed by atoms with Crippen LogP contribution in [-0.2, 0) is 10.0 Å². The molecule has 0 saturated carbocycles. The third-order valence-electron chi connectivity index (χ3n) is 6.53. The molecule has 2 fully saturated rings. The van der Waals surface area contributed by atoms with E-state index in [0.29, 0.717) is 17.0 Å². The zero-order valence-corrected chi connectivity index (χ0v) is 16.5. The molecular formula is C19H30N2O2S. The van der Waals surface area contributed by atoms with Gasteiger partial charge in [-0.15, -0.1) is 0 Å². The molecule has 5 heteroatoms. The first-order valence-electron chi connectivity index (χ1n) is 8.95. The summed E-state index contributed by atoms with van der Waals surface area (Å²) in [5.41, 5.74) is 5.19. The standard InChI is InChI=1S/C19H30N2O2S/c1-11-12(2)14(4)19(15(5)13(11)3)24(22,23)21(6)18-9-16-7-8-17(10-18)20-16/h16-18,20H,7-10H2,1-6H3. The van der Waals surface area contributed by atoms with Crippen LogP contribution in [0.15, 0.2) is 4.90 Å². The van der Waals surface area contributed by atoms with Gasteiger partial charge in [-0.2, -0.15) is 4.31 Å². The molecule has 134 valence electrons. The predicted octanol–water partition coefficient (Wildman–Crippen LogP) is 3.13. The topological polar surface area (TPSA) is 49.4 Å². The second-order valence-electron chi connectivity index (χ2n) is 7.74. The summed E-state index contributed by atoms with van der Waals surface area (Å²) in [7, 11) is -1.70. The number of benzene rings is 1. The SMILES string of the molecule is Cc1c(C)c(C)c(S(=O)(=O)N(C)C2CC3CCC(C2)N3)c(C)c1C. The van der Waals surface area contributed by atoms with Crippen LogP contribution in [0.25, 0.3) is 0 Å². The zero-order valence-electron chi connectivity index (χ0n) is 15.7. The lowest BCUT2D eigenvalue weighted by molar-refractivity contribution is 0.251. The van der Waals surface area contributed by atoms with E-state index in [1.807, 2.05) is 27.7 Å². The molecule has 0 spiro atoms. The first-order valence-corrected chi connectivity index (χ1v) is 10.4. The molecule has 1 N–H and O–H groups in total. The minimum absolute atomic E-state index is 0.106. The Morgan fingerprint density at radius 2 is 1.25 bits per heavy atom. The highest BCUT2D eigenvalue weighted by molar-refractivity contribution is 7.89. The predicted molar refractivity (Wildman–Crippen MR) is 98.0 cm³/mol. The molecule has 2 atom stereocenters. The average Bonchev–Trinajstić information content (AvgIpc) is 2.88. The third kappa shape index (κ3) is 2.71. The third-order valence-corrected chi connectivity index (χ3v) is 8.72. The van der Waals surface area contributed by atoms with E-state index in [9.17, 15) is 8.42 Å². The van der Waals surface area contributed by atoms with E-state index in [1.165, 1.54) is 18.4 Å². The molecule has 0 aliphatic carbocycles. The highest BCUT2D eigenvalue weighted by Gasteiger charge is 2.39. The van der Waals surface area contributed by atoms with Crippen molar-refractivity contribution in [3.8, 4) is 0 Å². The van der Waals surface area contributed by atoms with Gasteiger partial charge in [-0.05, 0) is 88.1 Å². The van der Waals surface area contributed by atoms with E-state index in [0.717, 1.165) is 35.1 Å². The van der Waals surface area contributed by atoms with Crippen molar-refractivity contribution in [1.29, 1.82) is 0 Å². The van der Waals surface area contributed by atoms with Crippen LogP contribution in [0.5, 0.6) is 0 Å². The highest BCUT2D eigenvalue weighted by Crippen LogP contribution is 2.35. The monoisotopic (exact) mass is 350 g/mol. The molecule has 4 nitrogen and oxygen atoms in total. The van der Waals surface area contributed by atoms with Crippen molar-refractivity contribution < 1.29 is 8.42 Å². The van der Waals surface area contributed by atoms with Crippen LogP contribution in [0.3, 0.4) is 0 Å². The molecule has 1 aromatic rings. The van der Waals surface area contributed by atoms with Crippen molar-refractivity contribution in [1.82, 2.24) is 9.62 Å². The molecular weight excluding hydrogens is 320 g/mol. The molecule has 2 saturated heterocycles. The van der Waals surface area contributed by atoms with E-state index in [-0.39, 0.29) is 6.04 Å². The van der Waals surface area contributed by atoms with Crippen molar-refractivity contribution in [3.63, 3.8) is 0 Å². The van der Waals surface area contributed by atoms with Crippen LogP contribution in [0.4, 0.5) is 0 Å². The summed E-state index contributed by atoms with van der Waals surface area (Å²) in [6, 6.07) is 1.07. The number of sulfonamides is 1. The maximum atomic E-state index is 13.4. The fourth-order valence-corrected chi connectivity index (χ4v) is 6.45. The van der Waals surface area contributed by atoms with E-state index in [4.69, 9.17) is 0 Å². The van der Waals surface area contributed by atoms with Crippen molar-refractivity contribution >= 4 is 10.0 Å². The van der Waals surface area contributed by atoms with Gasteiger partial charge in [0.1, 0.15) is 0 Å². The number of nitrogens with one attached hydrogen (secondary N) is 1. The molecule has 24 heavy (non-hydrogen) atoms. The Kier molecular flexibility index (Phi) is 4.56. The Morgan fingerprint density at radius 1 is 0.833 bits per heavy atom. The maximum absolute atomic E-state index is 13.4. The van der Waals surface area contributed by atoms with Crippen LogP contribution in [0.1, 0.15) is 53.5 Å². The summed E-state index contributed by atoms with van der Waals surface area (Å²) in [4.78, 5) is 0.525. The smallest absolute Gasteiger partial charge is 0.243 e. The summed E-state index contributed by atoms with van der Waals surface area (Å²) in [5, 5.41) is 3.59. The Balaban J connectivity index is 2.02. The van der Waals surface area contributed by atoms with Gasteiger partial charge in [0.2, 0.25) is 10.0 Å². The van der Waals surface area contributed by atoms with Gasteiger partial charge in [-0.25, -0.2) is 8.42 Å².